The Bertz CT molecular complexity index is 1010. The van der Waals surface area contributed by atoms with E-state index in [1.165, 1.54) is 80.2 Å². The number of fused-ring (bicyclic) bond motifs is 2. The maximum absolute atomic E-state index is 6.14. The third-order valence-corrected chi connectivity index (χ3v) is 6.96. The number of anilines is 1. The first-order valence-corrected chi connectivity index (χ1v) is 11.3. The zero-order valence-electron chi connectivity index (χ0n) is 17.5. The van der Waals surface area contributed by atoms with Gasteiger partial charge in [0.25, 0.3) is 0 Å². The fourth-order valence-electron chi connectivity index (χ4n) is 5.26. The molecule has 1 saturated carbocycles. The van der Waals surface area contributed by atoms with Gasteiger partial charge in [-0.2, -0.15) is 0 Å². The molecule has 1 fully saturated rings. The highest BCUT2D eigenvalue weighted by molar-refractivity contribution is 5.68. The molecule has 2 heterocycles. The van der Waals surface area contributed by atoms with Gasteiger partial charge in [0.15, 0.2) is 0 Å². The molecule has 0 spiro atoms. The molecule has 2 aliphatic carbocycles. The molecule has 0 amide bonds. The van der Waals surface area contributed by atoms with Gasteiger partial charge in [-0.15, -0.1) is 0 Å². The molecule has 0 saturated heterocycles. The predicted molar refractivity (Wildman–Crippen MR) is 120 cm³/mol. The monoisotopic (exact) mass is 388 g/mol. The van der Waals surface area contributed by atoms with Gasteiger partial charge in [0.1, 0.15) is 5.65 Å². The summed E-state index contributed by atoms with van der Waals surface area (Å²) in [6.45, 7) is 0.904. The lowest BCUT2D eigenvalue weighted by Gasteiger charge is -2.31. The molecule has 0 bridgehead atoms. The van der Waals surface area contributed by atoms with Gasteiger partial charge in [0.05, 0.1) is 11.4 Å². The minimum Gasteiger partial charge on any atom is -0.398 e. The summed E-state index contributed by atoms with van der Waals surface area (Å²) in [5.74, 6) is 0. The third kappa shape index (κ3) is 3.66. The predicted octanol–water partition coefficient (Wildman–Crippen LogP) is 5.23. The number of nitrogens with zero attached hydrogens (tertiary/aromatic N) is 3. The molecule has 152 valence electrons. The highest BCUT2D eigenvalue weighted by Gasteiger charge is 2.22. The third-order valence-electron chi connectivity index (χ3n) is 6.96. The van der Waals surface area contributed by atoms with Crippen LogP contribution in [-0.2, 0) is 19.4 Å². The van der Waals surface area contributed by atoms with E-state index in [2.05, 4.69) is 34.5 Å². The average molecular weight is 389 g/mol. The lowest BCUT2D eigenvalue weighted by Crippen LogP contribution is -2.33. The van der Waals surface area contributed by atoms with Gasteiger partial charge in [-0.05, 0) is 74.9 Å². The van der Waals surface area contributed by atoms with E-state index in [-0.39, 0.29) is 0 Å². The number of imidazole rings is 1. The second kappa shape index (κ2) is 7.83. The molecule has 0 aliphatic heterocycles. The number of nitrogen functional groups attached to an aromatic ring is 1. The summed E-state index contributed by atoms with van der Waals surface area (Å²) < 4.78 is 2.21. The van der Waals surface area contributed by atoms with Crippen molar-refractivity contribution >= 4 is 11.3 Å². The zero-order chi connectivity index (χ0) is 19.8. The molecule has 1 aromatic carbocycles. The smallest absolute Gasteiger partial charge is 0.137 e. The van der Waals surface area contributed by atoms with E-state index >= 15 is 0 Å². The summed E-state index contributed by atoms with van der Waals surface area (Å²) in [6, 6.07) is 11.7. The summed E-state index contributed by atoms with van der Waals surface area (Å²) >= 11 is 0. The Morgan fingerprint density at radius 1 is 1.00 bits per heavy atom. The Balaban J connectivity index is 1.56. The molecule has 4 heteroatoms. The largest absolute Gasteiger partial charge is 0.398 e. The minimum atomic E-state index is 0.673. The summed E-state index contributed by atoms with van der Waals surface area (Å²) in [5.41, 5.74) is 14.6. The van der Waals surface area contributed by atoms with Gasteiger partial charge in [-0.25, -0.2) is 4.98 Å². The lowest BCUT2D eigenvalue weighted by atomic mass is 9.89. The Morgan fingerprint density at radius 2 is 1.79 bits per heavy atom. The molecule has 0 radical (unpaired) electrons. The summed E-state index contributed by atoms with van der Waals surface area (Å²) in [5, 5.41) is 0. The van der Waals surface area contributed by atoms with Gasteiger partial charge in [0, 0.05) is 30.0 Å². The van der Waals surface area contributed by atoms with Gasteiger partial charge in [0.2, 0.25) is 0 Å². The van der Waals surface area contributed by atoms with Crippen molar-refractivity contribution in [1.82, 2.24) is 14.3 Å². The van der Waals surface area contributed by atoms with Crippen molar-refractivity contribution in [2.24, 2.45) is 0 Å². The van der Waals surface area contributed by atoms with Crippen molar-refractivity contribution in [3.05, 3.63) is 53.3 Å². The van der Waals surface area contributed by atoms with Crippen molar-refractivity contribution in [2.75, 3.05) is 12.8 Å². The first-order valence-electron chi connectivity index (χ1n) is 11.3. The average Bonchev–Trinajstić information content (AvgIpc) is 3.11. The fraction of sp³-hybridized carbons (Fsp3) is 0.480. The number of nitrogens with two attached hydrogens (primary N) is 1. The number of benzene rings is 1. The van der Waals surface area contributed by atoms with Crippen LogP contribution in [0.4, 0.5) is 5.69 Å². The first-order chi connectivity index (χ1) is 14.2. The van der Waals surface area contributed by atoms with Crippen molar-refractivity contribution in [2.45, 2.75) is 70.4 Å². The minimum absolute atomic E-state index is 0.673. The van der Waals surface area contributed by atoms with E-state index < -0.39 is 0 Å². The van der Waals surface area contributed by atoms with Crippen LogP contribution in [-0.4, -0.2) is 27.4 Å². The second-order valence-electron chi connectivity index (χ2n) is 9.00. The van der Waals surface area contributed by atoms with E-state index in [9.17, 15) is 0 Å². The van der Waals surface area contributed by atoms with Gasteiger partial charge >= 0.3 is 0 Å². The van der Waals surface area contributed by atoms with Crippen LogP contribution < -0.4 is 5.73 Å². The van der Waals surface area contributed by atoms with Gasteiger partial charge < -0.3 is 10.1 Å². The number of hydrogen-bond donors (Lipinski definition) is 1. The molecule has 5 rings (SSSR count). The van der Waals surface area contributed by atoms with E-state index in [4.69, 9.17) is 10.7 Å². The molecular formula is C25H32N4. The quantitative estimate of drug-likeness (QED) is 0.666. The second-order valence-corrected chi connectivity index (χ2v) is 9.00. The Hall–Kier alpha value is -2.33. The van der Waals surface area contributed by atoms with Crippen molar-refractivity contribution in [3.63, 3.8) is 0 Å². The van der Waals surface area contributed by atoms with Crippen LogP contribution >= 0.6 is 0 Å². The lowest BCUT2D eigenvalue weighted by molar-refractivity contribution is 0.182. The molecule has 29 heavy (non-hydrogen) atoms. The molecule has 3 aromatic rings. The standard InChI is InChI=1S/C25H32N4/c1-28(22-9-3-2-4-10-22)17-23-25(27-24-14-13-21(26)16-29(23)24)20-12-11-18-7-5-6-8-19(18)15-20/h11-16,22H,2-10,17,26H2,1H3. The molecule has 0 atom stereocenters. The van der Waals surface area contributed by atoms with Crippen molar-refractivity contribution < 1.29 is 0 Å². The Morgan fingerprint density at radius 3 is 2.62 bits per heavy atom. The topological polar surface area (TPSA) is 46.6 Å². The zero-order valence-corrected chi connectivity index (χ0v) is 17.5. The van der Waals surface area contributed by atoms with Crippen LogP contribution in [0.15, 0.2) is 36.5 Å². The highest BCUT2D eigenvalue weighted by atomic mass is 15.2. The van der Waals surface area contributed by atoms with Gasteiger partial charge in [-0.3, -0.25) is 4.90 Å². The number of hydrogen-bond acceptors (Lipinski definition) is 3. The Kier molecular flexibility index (Phi) is 5.04. The normalized spacial score (nSPS) is 17.7. The number of rotatable bonds is 4. The van der Waals surface area contributed by atoms with Crippen LogP contribution in [0.25, 0.3) is 16.9 Å². The Labute approximate surface area is 173 Å². The first kappa shape index (κ1) is 18.7. The number of aryl methyl sites for hydroxylation is 2. The van der Waals surface area contributed by atoms with Gasteiger partial charge in [-0.1, -0.05) is 31.4 Å². The van der Waals surface area contributed by atoms with Crippen LogP contribution in [0.5, 0.6) is 0 Å². The number of aromatic nitrogens is 2. The van der Waals surface area contributed by atoms with E-state index in [0.717, 1.165) is 23.6 Å². The maximum Gasteiger partial charge on any atom is 0.137 e. The summed E-state index contributed by atoms with van der Waals surface area (Å²) in [7, 11) is 2.28. The van der Waals surface area contributed by atoms with Crippen LogP contribution in [0.2, 0.25) is 0 Å². The summed E-state index contributed by atoms with van der Waals surface area (Å²) in [4.78, 5) is 7.59. The highest BCUT2D eigenvalue weighted by Crippen LogP contribution is 2.32. The summed E-state index contributed by atoms with van der Waals surface area (Å²) in [6.07, 6.45) is 13.8. The maximum atomic E-state index is 6.14. The fourth-order valence-corrected chi connectivity index (χ4v) is 5.26. The molecule has 2 aromatic heterocycles. The van der Waals surface area contributed by atoms with Crippen molar-refractivity contribution in [3.8, 4) is 11.3 Å². The van der Waals surface area contributed by atoms with Crippen molar-refractivity contribution in [1.29, 1.82) is 0 Å². The molecule has 2 N–H and O–H groups in total. The molecule has 0 unspecified atom stereocenters. The SMILES string of the molecule is CN(Cc1c(-c2ccc3c(c2)CCCC3)nc2ccc(N)cn12)C1CCCCC1. The van der Waals surface area contributed by atoms with Crippen LogP contribution in [0.3, 0.4) is 0 Å². The van der Waals surface area contributed by atoms with Crippen LogP contribution in [0.1, 0.15) is 61.8 Å². The van der Waals surface area contributed by atoms with Crippen LogP contribution in [0, 0.1) is 0 Å². The van der Waals surface area contributed by atoms with E-state index in [1.807, 2.05) is 18.3 Å². The molecule has 2 aliphatic rings. The van der Waals surface area contributed by atoms with E-state index in [1.54, 1.807) is 0 Å². The molecular weight excluding hydrogens is 356 g/mol. The number of pyridine rings is 1. The molecule has 4 nitrogen and oxygen atoms in total. The van der Waals surface area contributed by atoms with E-state index in [0.29, 0.717) is 6.04 Å².